The lowest BCUT2D eigenvalue weighted by Gasteiger charge is -2.32. The highest BCUT2D eigenvalue weighted by molar-refractivity contribution is 5.78. The van der Waals surface area contributed by atoms with Gasteiger partial charge in [-0.25, -0.2) is 9.97 Å². The molecule has 0 aliphatic carbocycles. The summed E-state index contributed by atoms with van der Waals surface area (Å²) >= 11 is 0. The van der Waals surface area contributed by atoms with Crippen LogP contribution in [0, 0.1) is 0 Å². The number of rotatable bonds is 5. The summed E-state index contributed by atoms with van der Waals surface area (Å²) in [5.74, 6) is 1.62. The second kappa shape index (κ2) is 8.52. The Hall–Kier alpha value is -2.97. The fourth-order valence-electron chi connectivity index (χ4n) is 4.99. The van der Waals surface area contributed by atoms with Crippen LogP contribution in [0.5, 0.6) is 0 Å². The number of azo groups is 1. The number of fused-ring (bicyclic) bond motifs is 2. The fourth-order valence-corrected chi connectivity index (χ4v) is 4.99. The minimum absolute atomic E-state index is 0.0281. The number of hydrogen-bond acceptors (Lipinski definition) is 8. The second-order valence-corrected chi connectivity index (χ2v) is 8.77. The summed E-state index contributed by atoms with van der Waals surface area (Å²) < 4.78 is 5.51. The van der Waals surface area contributed by atoms with Crippen molar-refractivity contribution in [1.29, 1.82) is 0 Å². The topological polar surface area (TPSA) is 79.1 Å². The zero-order valence-corrected chi connectivity index (χ0v) is 18.1. The first-order valence-electron chi connectivity index (χ1n) is 11.5. The van der Waals surface area contributed by atoms with Gasteiger partial charge in [0, 0.05) is 43.8 Å². The molecular formula is C24H27N7O. The molecule has 2 atom stereocenters. The monoisotopic (exact) mass is 429 g/mol. The number of anilines is 1. The molecule has 0 saturated carbocycles. The normalized spacial score (nSPS) is 23.2. The van der Waals surface area contributed by atoms with Crippen molar-refractivity contribution in [1.82, 2.24) is 19.9 Å². The Labute approximate surface area is 187 Å². The molecule has 32 heavy (non-hydrogen) atoms. The van der Waals surface area contributed by atoms with Gasteiger partial charge < -0.3 is 9.64 Å². The number of aromatic nitrogens is 3. The van der Waals surface area contributed by atoms with Crippen LogP contribution in [0.15, 0.2) is 53.0 Å². The van der Waals surface area contributed by atoms with E-state index < -0.39 is 0 Å². The van der Waals surface area contributed by atoms with Gasteiger partial charge in [0.15, 0.2) is 5.82 Å². The maximum absolute atomic E-state index is 5.51. The van der Waals surface area contributed by atoms with E-state index in [1.54, 1.807) is 0 Å². The zero-order valence-electron chi connectivity index (χ0n) is 18.1. The average Bonchev–Trinajstić information content (AvgIpc) is 3.50. The summed E-state index contributed by atoms with van der Waals surface area (Å²) in [5.41, 5.74) is 3.23. The number of morpholine rings is 1. The van der Waals surface area contributed by atoms with Crippen LogP contribution < -0.4 is 4.90 Å². The van der Waals surface area contributed by atoms with Crippen molar-refractivity contribution in [2.24, 2.45) is 10.2 Å². The van der Waals surface area contributed by atoms with E-state index in [1.165, 1.54) is 10.9 Å². The van der Waals surface area contributed by atoms with Crippen LogP contribution in [0.25, 0.3) is 10.9 Å². The van der Waals surface area contributed by atoms with Crippen LogP contribution in [-0.2, 0) is 11.2 Å². The average molecular weight is 430 g/mol. The molecule has 8 heteroatoms. The van der Waals surface area contributed by atoms with Crippen LogP contribution in [0.4, 0.5) is 11.6 Å². The van der Waals surface area contributed by atoms with Gasteiger partial charge >= 0.3 is 0 Å². The van der Waals surface area contributed by atoms with E-state index in [9.17, 15) is 0 Å². The van der Waals surface area contributed by atoms with E-state index in [1.807, 2.05) is 18.5 Å². The molecule has 6 rings (SSSR count). The Bertz CT molecular complexity index is 1140. The van der Waals surface area contributed by atoms with Crippen LogP contribution in [0.3, 0.4) is 0 Å². The molecule has 8 nitrogen and oxygen atoms in total. The molecule has 164 valence electrons. The summed E-state index contributed by atoms with van der Waals surface area (Å²) in [4.78, 5) is 18.9. The third kappa shape index (κ3) is 3.84. The van der Waals surface area contributed by atoms with E-state index >= 15 is 0 Å². The molecule has 2 saturated heterocycles. The van der Waals surface area contributed by atoms with Crippen molar-refractivity contribution in [2.45, 2.75) is 31.3 Å². The molecule has 3 aliphatic rings. The maximum atomic E-state index is 5.51. The van der Waals surface area contributed by atoms with Crippen molar-refractivity contribution in [3.05, 3.63) is 54.0 Å². The molecule has 0 bridgehead atoms. The molecule has 0 N–H and O–H groups in total. The van der Waals surface area contributed by atoms with Crippen LogP contribution >= 0.6 is 0 Å². The van der Waals surface area contributed by atoms with E-state index in [-0.39, 0.29) is 6.04 Å². The van der Waals surface area contributed by atoms with Gasteiger partial charge in [-0.2, -0.15) is 5.11 Å². The largest absolute Gasteiger partial charge is 0.379 e. The van der Waals surface area contributed by atoms with Gasteiger partial charge in [0.25, 0.3) is 0 Å². The molecular weight excluding hydrogens is 402 g/mol. The quantitative estimate of drug-likeness (QED) is 0.615. The van der Waals surface area contributed by atoms with E-state index in [4.69, 9.17) is 9.72 Å². The third-order valence-electron chi connectivity index (χ3n) is 6.80. The lowest BCUT2D eigenvalue weighted by atomic mass is 10.0. The van der Waals surface area contributed by atoms with Crippen LogP contribution in [0.2, 0.25) is 0 Å². The van der Waals surface area contributed by atoms with Gasteiger partial charge in [0.05, 0.1) is 24.9 Å². The number of aryl methyl sites for hydroxylation is 1. The predicted octanol–water partition coefficient (Wildman–Crippen LogP) is 3.71. The van der Waals surface area contributed by atoms with Gasteiger partial charge in [-0.3, -0.25) is 9.88 Å². The molecule has 2 aromatic heterocycles. The maximum Gasteiger partial charge on any atom is 0.198 e. The summed E-state index contributed by atoms with van der Waals surface area (Å²) in [7, 11) is 0. The number of benzene rings is 1. The SMILES string of the molecule is c1cnc2ccc(CCC3N=Nc4ncc(N5CC[C@@H](N6CCOCC6)C5)nc43)cc2c1. The first-order chi connectivity index (χ1) is 15.8. The molecule has 1 unspecified atom stereocenters. The zero-order chi connectivity index (χ0) is 21.3. The van der Waals surface area contributed by atoms with Gasteiger partial charge in [-0.1, -0.05) is 12.1 Å². The minimum Gasteiger partial charge on any atom is -0.379 e. The Morgan fingerprint density at radius 1 is 1.06 bits per heavy atom. The second-order valence-electron chi connectivity index (χ2n) is 8.77. The first-order valence-corrected chi connectivity index (χ1v) is 11.5. The number of pyridine rings is 1. The third-order valence-corrected chi connectivity index (χ3v) is 6.80. The van der Waals surface area contributed by atoms with Gasteiger partial charge in [-0.05, 0) is 43.0 Å². The van der Waals surface area contributed by atoms with Gasteiger partial charge in [-0.15, -0.1) is 5.11 Å². The van der Waals surface area contributed by atoms with Crippen molar-refractivity contribution in [3.63, 3.8) is 0 Å². The summed E-state index contributed by atoms with van der Waals surface area (Å²) in [5, 5.41) is 9.95. The van der Waals surface area contributed by atoms with E-state index in [0.29, 0.717) is 11.9 Å². The van der Waals surface area contributed by atoms with Gasteiger partial charge in [0.1, 0.15) is 17.6 Å². The molecule has 2 fully saturated rings. The highest BCUT2D eigenvalue weighted by Crippen LogP contribution is 2.37. The summed E-state index contributed by atoms with van der Waals surface area (Å²) in [6.45, 7) is 5.75. The fraction of sp³-hybridized carbons (Fsp3) is 0.458. The lowest BCUT2D eigenvalue weighted by molar-refractivity contribution is 0.0209. The van der Waals surface area contributed by atoms with Gasteiger partial charge in [0.2, 0.25) is 0 Å². The minimum atomic E-state index is -0.0281. The standard InChI is InChI=1S/C24H27N7O/c1-2-18-14-17(3-5-20(18)25-8-1)4-6-21-23-24(29-28-21)26-15-22(27-23)31-9-7-19(16-31)30-10-12-32-13-11-30/h1-3,5,8,14-15,19,21H,4,6-7,9-13,16H2/t19-,21?/m1/s1. The predicted molar refractivity (Wildman–Crippen MR) is 122 cm³/mol. The molecule has 0 spiro atoms. The highest BCUT2D eigenvalue weighted by Gasteiger charge is 2.31. The Morgan fingerprint density at radius 2 is 2.00 bits per heavy atom. The van der Waals surface area contributed by atoms with Crippen LogP contribution in [-0.4, -0.2) is 65.3 Å². The van der Waals surface area contributed by atoms with Crippen LogP contribution in [0.1, 0.15) is 30.1 Å². The Morgan fingerprint density at radius 3 is 2.94 bits per heavy atom. The van der Waals surface area contributed by atoms with Crippen molar-refractivity contribution in [3.8, 4) is 0 Å². The number of ether oxygens (including phenoxy) is 1. The number of nitrogens with zero attached hydrogens (tertiary/aromatic N) is 7. The van der Waals surface area contributed by atoms with E-state index in [2.05, 4.69) is 54.3 Å². The molecule has 3 aromatic rings. The molecule has 5 heterocycles. The van der Waals surface area contributed by atoms with Crippen molar-refractivity contribution < 1.29 is 4.74 Å². The highest BCUT2D eigenvalue weighted by atomic mass is 16.5. The number of hydrogen-bond donors (Lipinski definition) is 0. The summed E-state index contributed by atoms with van der Waals surface area (Å²) in [6.07, 6.45) is 6.64. The van der Waals surface area contributed by atoms with Crippen molar-refractivity contribution in [2.75, 3.05) is 44.3 Å². The lowest BCUT2D eigenvalue weighted by Crippen LogP contribution is -2.44. The summed E-state index contributed by atoms with van der Waals surface area (Å²) in [6, 6.07) is 11.1. The smallest absolute Gasteiger partial charge is 0.198 e. The molecule has 0 amide bonds. The first kappa shape index (κ1) is 19.7. The molecule has 3 aliphatic heterocycles. The Balaban J connectivity index is 1.14. The molecule has 1 aromatic carbocycles. The van der Waals surface area contributed by atoms with E-state index in [0.717, 1.165) is 75.7 Å². The van der Waals surface area contributed by atoms with Crippen molar-refractivity contribution >= 4 is 22.5 Å². The Kier molecular flexibility index (Phi) is 5.24. The molecule has 0 radical (unpaired) electrons.